The second-order valence-electron chi connectivity index (χ2n) is 3.42. The Morgan fingerprint density at radius 3 is 3.11 bits per heavy atom. The van der Waals surface area contributed by atoms with Crippen LogP contribution in [0.2, 0.25) is 0 Å². The number of rotatable bonds is 2. The molecular formula is C12H10N4O2S. The van der Waals surface area contributed by atoms with Crippen molar-refractivity contribution in [2.45, 2.75) is 0 Å². The van der Waals surface area contributed by atoms with Gasteiger partial charge in [-0.1, -0.05) is 29.2 Å². The zero-order valence-corrected chi connectivity index (χ0v) is 10.6. The first-order chi connectivity index (χ1) is 9.19. The Labute approximate surface area is 112 Å². The van der Waals surface area contributed by atoms with Gasteiger partial charge in [0.25, 0.3) is 5.91 Å². The first-order valence-corrected chi connectivity index (χ1v) is 6.16. The van der Waals surface area contributed by atoms with Crippen LogP contribution in [0.15, 0.2) is 29.2 Å². The van der Waals surface area contributed by atoms with Crippen molar-refractivity contribution in [2.24, 2.45) is 5.73 Å². The quantitative estimate of drug-likeness (QED) is 0.690. The second kappa shape index (κ2) is 5.95. The lowest BCUT2D eigenvalue weighted by molar-refractivity contribution is 0.102. The molecule has 0 radical (unpaired) electrons. The number of amides is 1. The Kier molecular flexibility index (Phi) is 4.07. The zero-order valence-electron chi connectivity index (χ0n) is 9.77. The highest BCUT2D eigenvalue weighted by Gasteiger charge is 2.09. The fourth-order valence-corrected chi connectivity index (χ4v) is 1.96. The van der Waals surface area contributed by atoms with Crippen LogP contribution in [0.5, 0.6) is 0 Å². The molecule has 4 N–H and O–H groups in total. The molecule has 0 saturated heterocycles. The Bertz CT molecular complexity index is 708. The summed E-state index contributed by atoms with van der Waals surface area (Å²) in [5, 5.41) is 2.99. The number of thiazole rings is 1. The predicted molar refractivity (Wildman–Crippen MR) is 73.1 cm³/mol. The largest absolute Gasteiger partial charge is 0.320 e. The molecule has 7 heteroatoms. The molecule has 6 nitrogen and oxygen atoms in total. The minimum Gasteiger partial charge on any atom is -0.320 e. The lowest BCUT2D eigenvalue weighted by Gasteiger charge is -2.00. The van der Waals surface area contributed by atoms with E-state index in [-0.39, 0.29) is 17.8 Å². The number of anilines is 1. The average molecular weight is 274 g/mol. The van der Waals surface area contributed by atoms with E-state index in [1.54, 1.807) is 6.20 Å². The number of nitrogens with zero attached hydrogens (tertiary/aromatic N) is 1. The van der Waals surface area contributed by atoms with E-state index in [9.17, 15) is 9.59 Å². The molecule has 0 aliphatic heterocycles. The summed E-state index contributed by atoms with van der Waals surface area (Å²) in [5.74, 6) is 5.09. The lowest BCUT2D eigenvalue weighted by atomic mass is 10.3. The van der Waals surface area contributed by atoms with Gasteiger partial charge in [-0.3, -0.25) is 14.9 Å². The molecule has 0 atom stereocenters. The molecule has 1 amide bonds. The third kappa shape index (κ3) is 3.51. The highest BCUT2D eigenvalue weighted by Crippen LogP contribution is 2.17. The Morgan fingerprint density at radius 2 is 2.37 bits per heavy atom. The van der Waals surface area contributed by atoms with Crippen molar-refractivity contribution in [3.05, 3.63) is 45.3 Å². The van der Waals surface area contributed by atoms with Gasteiger partial charge in [0.2, 0.25) is 5.56 Å². The number of hydrogen-bond acceptors (Lipinski definition) is 5. The van der Waals surface area contributed by atoms with E-state index in [1.807, 2.05) is 0 Å². The monoisotopic (exact) mass is 274 g/mol. The molecule has 0 unspecified atom stereocenters. The normalized spacial score (nSPS) is 9.53. The summed E-state index contributed by atoms with van der Waals surface area (Å²) in [6.07, 6.45) is 1.55. The van der Waals surface area contributed by atoms with Crippen molar-refractivity contribution in [1.82, 2.24) is 9.97 Å². The van der Waals surface area contributed by atoms with Crippen molar-refractivity contribution in [1.29, 1.82) is 0 Å². The average Bonchev–Trinajstić information content (AvgIpc) is 2.84. The number of carbonyl (C=O) groups excluding carboxylic acids is 1. The highest BCUT2D eigenvalue weighted by molar-refractivity contribution is 7.16. The van der Waals surface area contributed by atoms with E-state index in [4.69, 9.17) is 5.73 Å². The van der Waals surface area contributed by atoms with Crippen LogP contribution < -0.4 is 16.6 Å². The molecule has 2 rings (SSSR count). The van der Waals surface area contributed by atoms with Crippen LogP contribution in [0.4, 0.5) is 5.13 Å². The molecule has 96 valence electrons. The van der Waals surface area contributed by atoms with Gasteiger partial charge in [0.1, 0.15) is 5.69 Å². The van der Waals surface area contributed by atoms with Crippen LogP contribution in [-0.2, 0) is 0 Å². The van der Waals surface area contributed by atoms with E-state index in [2.05, 4.69) is 27.1 Å². The van der Waals surface area contributed by atoms with Gasteiger partial charge in [-0.05, 0) is 6.07 Å². The van der Waals surface area contributed by atoms with Gasteiger partial charge in [0.15, 0.2) is 5.13 Å². The minimum atomic E-state index is -0.426. The van der Waals surface area contributed by atoms with Gasteiger partial charge < -0.3 is 10.7 Å². The number of hydrogen-bond donors (Lipinski definition) is 3. The summed E-state index contributed by atoms with van der Waals surface area (Å²) in [6.45, 7) is 0.269. The number of H-pyrrole nitrogens is 1. The Hall–Kier alpha value is -2.43. The summed E-state index contributed by atoms with van der Waals surface area (Å²) >= 11 is 1.24. The fourth-order valence-electron chi connectivity index (χ4n) is 1.27. The van der Waals surface area contributed by atoms with Crippen LogP contribution in [0, 0.1) is 11.8 Å². The number of aromatic nitrogens is 2. The molecule has 2 aromatic rings. The second-order valence-corrected chi connectivity index (χ2v) is 4.45. The van der Waals surface area contributed by atoms with Gasteiger partial charge in [0.05, 0.1) is 17.6 Å². The zero-order chi connectivity index (χ0) is 13.7. The predicted octanol–water partition coefficient (Wildman–Crippen LogP) is 0.394. The van der Waals surface area contributed by atoms with Gasteiger partial charge >= 0.3 is 0 Å². The van der Waals surface area contributed by atoms with Crippen molar-refractivity contribution >= 4 is 22.4 Å². The summed E-state index contributed by atoms with van der Waals surface area (Å²) < 4.78 is 0. The van der Waals surface area contributed by atoms with E-state index in [0.29, 0.717) is 10.0 Å². The van der Waals surface area contributed by atoms with Gasteiger partial charge in [0, 0.05) is 6.07 Å². The maximum absolute atomic E-state index is 11.8. The van der Waals surface area contributed by atoms with Crippen molar-refractivity contribution < 1.29 is 4.79 Å². The Balaban J connectivity index is 2.11. The van der Waals surface area contributed by atoms with E-state index in [0.717, 1.165) is 0 Å². The summed E-state index contributed by atoms with van der Waals surface area (Å²) in [7, 11) is 0. The van der Waals surface area contributed by atoms with Gasteiger partial charge in [-0.25, -0.2) is 4.98 Å². The number of nitrogens with one attached hydrogen (secondary N) is 2. The minimum absolute atomic E-state index is 0.178. The fraction of sp³-hybridized carbons (Fsp3) is 0.0833. The number of pyridine rings is 1. The number of nitrogens with two attached hydrogens (primary N) is 1. The first-order valence-electron chi connectivity index (χ1n) is 5.34. The molecule has 0 aliphatic carbocycles. The molecule has 0 fully saturated rings. The molecular weight excluding hydrogens is 264 g/mol. The topological polar surface area (TPSA) is 101 Å². The SMILES string of the molecule is NCC#Cc1cnc(NC(=O)c2cccc(=O)[nH]2)s1. The standard InChI is InChI=1S/C12H10N4O2S/c13-6-2-3-8-7-14-12(19-8)16-11(18)9-4-1-5-10(17)15-9/h1,4-5,7H,6,13H2,(H,15,17)(H,14,16,18). The Morgan fingerprint density at radius 1 is 1.53 bits per heavy atom. The number of aromatic amines is 1. The molecule has 0 bridgehead atoms. The molecule has 0 aliphatic rings. The van der Waals surface area contributed by atoms with Crippen molar-refractivity contribution in [2.75, 3.05) is 11.9 Å². The third-order valence-corrected chi connectivity index (χ3v) is 2.88. The maximum atomic E-state index is 11.8. The maximum Gasteiger partial charge on any atom is 0.273 e. The van der Waals surface area contributed by atoms with Crippen molar-refractivity contribution in [3.8, 4) is 11.8 Å². The van der Waals surface area contributed by atoms with Crippen LogP contribution in [0.3, 0.4) is 0 Å². The van der Waals surface area contributed by atoms with Crippen LogP contribution >= 0.6 is 11.3 Å². The number of carbonyl (C=O) groups is 1. The molecule has 0 spiro atoms. The van der Waals surface area contributed by atoms with Crippen molar-refractivity contribution in [3.63, 3.8) is 0 Å². The summed E-state index contributed by atoms with van der Waals surface area (Å²) in [6, 6.07) is 4.36. The smallest absolute Gasteiger partial charge is 0.273 e. The van der Waals surface area contributed by atoms with E-state index in [1.165, 1.54) is 29.5 Å². The van der Waals surface area contributed by atoms with Crippen LogP contribution in [0.25, 0.3) is 0 Å². The summed E-state index contributed by atoms with van der Waals surface area (Å²) in [5.41, 5.74) is 5.11. The van der Waals surface area contributed by atoms with Crippen LogP contribution in [-0.4, -0.2) is 22.4 Å². The van der Waals surface area contributed by atoms with Gasteiger partial charge in [-0.2, -0.15) is 0 Å². The van der Waals surface area contributed by atoms with E-state index >= 15 is 0 Å². The lowest BCUT2D eigenvalue weighted by Crippen LogP contribution is -2.17. The molecule has 19 heavy (non-hydrogen) atoms. The first kappa shape index (κ1) is 13.0. The van der Waals surface area contributed by atoms with Gasteiger partial charge in [-0.15, -0.1) is 0 Å². The highest BCUT2D eigenvalue weighted by atomic mass is 32.1. The molecule has 2 heterocycles. The van der Waals surface area contributed by atoms with Crippen LogP contribution in [0.1, 0.15) is 15.4 Å². The summed E-state index contributed by atoms with van der Waals surface area (Å²) in [4.78, 5) is 30.1. The molecule has 0 aromatic carbocycles. The molecule has 2 aromatic heterocycles. The third-order valence-electron chi connectivity index (χ3n) is 2.05. The van der Waals surface area contributed by atoms with E-state index < -0.39 is 5.91 Å². The molecule has 0 saturated carbocycles.